The van der Waals surface area contributed by atoms with Gasteiger partial charge in [0.1, 0.15) is 0 Å². The van der Waals surface area contributed by atoms with Gasteiger partial charge in [-0.05, 0) is 30.9 Å². The Morgan fingerprint density at radius 1 is 1.47 bits per heavy atom. The number of aliphatic hydroxyl groups excluding tert-OH is 1. The molecule has 0 aromatic carbocycles. The highest BCUT2D eigenvalue weighted by atomic mass is 32.1. The molecule has 1 unspecified atom stereocenters. The fraction of sp³-hybridized carbons (Fsp3) is 1.00. The second-order valence-corrected chi connectivity index (χ2v) is 4.98. The Bertz CT molecular complexity index is 158. The smallest absolute Gasteiger partial charge is 0.0443 e. The summed E-state index contributed by atoms with van der Waals surface area (Å²) in [6, 6.07) is 0.797. The second-order valence-electron chi connectivity index (χ2n) is 4.61. The Morgan fingerprint density at radius 3 is 2.60 bits per heavy atom. The number of rotatable bonds is 8. The van der Waals surface area contributed by atoms with Crippen molar-refractivity contribution in [3.05, 3.63) is 0 Å². The first-order chi connectivity index (χ1) is 7.31. The fourth-order valence-corrected chi connectivity index (χ4v) is 2.47. The van der Waals surface area contributed by atoms with Crippen LogP contribution in [0.15, 0.2) is 0 Å². The predicted octanol–water partition coefficient (Wildman–Crippen LogP) is 2.18. The molecule has 1 fully saturated rings. The molecule has 1 N–H and O–H groups in total. The monoisotopic (exact) mass is 231 g/mol. The van der Waals surface area contributed by atoms with Crippen LogP contribution in [0.5, 0.6) is 0 Å². The third-order valence-corrected chi connectivity index (χ3v) is 4.04. The third-order valence-electron chi connectivity index (χ3n) is 3.52. The van der Waals surface area contributed by atoms with E-state index >= 15 is 0 Å². The zero-order valence-corrected chi connectivity index (χ0v) is 10.8. The summed E-state index contributed by atoms with van der Waals surface area (Å²) in [6.07, 6.45) is 6.23. The van der Waals surface area contributed by atoms with Crippen molar-refractivity contribution in [2.24, 2.45) is 5.92 Å². The Balaban J connectivity index is 2.32. The number of nitrogens with zero attached hydrogens (tertiary/aromatic N) is 1. The van der Waals surface area contributed by atoms with Gasteiger partial charge in [0.25, 0.3) is 0 Å². The molecule has 0 aromatic rings. The van der Waals surface area contributed by atoms with Gasteiger partial charge in [0.05, 0.1) is 0 Å². The van der Waals surface area contributed by atoms with E-state index in [1.807, 2.05) is 0 Å². The molecule has 1 aliphatic carbocycles. The van der Waals surface area contributed by atoms with E-state index in [1.54, 1.807) is 0 Å². The van der Waals surface area contributed by atoms with Gasteiger partial charge < -0.3 is 5.11 Å². The van der Waals surface area contributed by atoms with E-state index in [0.717, 1.165) is 24.8 Å². The molecule has 15 heavy (non-hydrogen) atoms. The molecule has 0 aromatic heterocycles. The van der Waals surface area contributed by atoms with Gasteiger partial charge in [-0.2, -0.15) is 12.6 Å². The lowest BCUT2D eigenvalue weighted by molar-refractivity contribution is 0.101. The maximum Gasteiger partial charge on any atom is 0.0443 e. The van der Waals surface area contributed by atoms with Gasteiger partial charge in [-0.1, -0.05) is 19.8 Å². The van der Waals surface area contributed by atoms with Crippen molar-refractivity contribution in [2.45, 2.75) is 45.1 Å². The standard InChI is InChI=1S/C12H25NOS/c1-2-11(10-15)9-13(7-4-8-14)12-5-3-6-12/h11-12,14-15H,2-10H2,1H3. The van der Waals surface area contributed by atoms with Crippen LogP contribution in [0.2, 0.25) is 0 Å². The van der Waals surface area contributed by atoms with Crippen molar-refractivity contribution in [1.29, 1.82) is 0 Å². The zero-order valence-electron chi connectivity index (χ0n) is 9.86. The number of thiol groups is 1. The normalized spacial score (nSPS) is 19.2. The number of aliphatic hydroxyl groups is 1. The molecule has 3 heteroatoms. The first-order valence-corrected chi connectivity index (χ1v) is 6.90. The number of hydrogen-bond donors (Lipinski definition) is 2. The van der Waals surface area contributed by atoms with Crippen molar-refractivity contribution >= 4 is 12.6 Å². The lowest BCUT2D eigenvalue weighted by atomic mass is 9.90. The Kier molecular flexibility index (Phi) is 6.69. The fourth-order valence-electron chi connectivity index (χ4n) is 2.10. The molecule has 2 nitrogen and oxygen atoms in total. The van der Waals surface area contributed by atoms with E-state index in [0.29, 0.717) is 12.5 Å². The molecule has 1 atom stereocenters. The Labute approximate surface area is 99.5 Å². The first kappa shape index (κ1) is 13.3. The van der Waals surface area contributed by atoms with Crippen molar-refractivity contribution in [2.75, 3.05) is 25.4 Å². The molecular weight excluding hydrogens is 206 g/mol. The first-order valence-electron chi connectivity index (χ1n) is 6.27. The molecule has 1 saturated carbocycles. The summed E-state index contributed by atoms with van der Waals surface area (Å²) < 4.78 is 0. The van der Waals surface area contributed by atoms with Gasteiger partial charge in [-0.15, -0.1) is 0 Å². The van der Waals surface area contributed by atoms with Gasteiger partial charge in [0, 0.05) is 25.7 Å². The molecule has 0 saturated heterocycles. The van der Waals surface area contributed by atoms with Crippen molar-refractivity contribution in [3.63, 3.8) is 0 Å². The molecular formula is C12H25NOS. The quantitative estimate of drug-likeness (QED) is 0.626. The summed E-state index contributed by atoms with van der Waals surface area (Å²) in [5.41, 5.74) is 0. The lowest BCUT2D eigenvalue weighted by Crippen LogP contribution is -2.43. The Hall–Kier alpha value is 0.270. The van der Waals surface area contributed by atoms with Crippen LogP contribution in [0.25, 0.3) is 0 Å². The minimum absolute atomic E-state index is 0.320. The van der Waals surface area contributed by atoms with E-state index < -0.39 is 0 Å². The van der Waals surface area contributed by atoms with Crippen molar-refractivity contribution < 1.29 is 5.11 Å². The van der Waals surface area contributed by atoms with Crippen LogP contribution < -0.4 is 0 Å². The van der Waals surface area contributed by atoms with E-state index in [1.165, 1.54) is 32.2 Å². The molecule has 0 radical (unpaired) electrons. The third kappa shape index (κ3) is 4.33. The summed E-state index contributed by atoms with van der Waals surface area (Å²) in [5, 5.41) is 8.89. The molecule has 90 valence electrons. The zero-order chi connectivity index (χ0) is 11.1. The maximum absolute atomic E-state index is 8.89. The summed E-state index contributed by atoms with van der Waals surface area (Å²) in [5.74, 6) is 1.70. The highest BCUT2D eigenvalue weighted by Crippen LogP contribution is 2.26. The van der Waals surface area contributed by atoms with E-state index in [2.05, 4.69) is 24.5 Å². The topological polar surface area (TPSA) is 23.5 Å². The number of hydrogen-bond acceptors (Lipinski definition) is 3. The SMILES string of the molecule is CCC(CS)CN(CCCO)C1CCC1. The molecule has 0 aliphatic heterocycles. The van der Waals surface area contributed by atoms with Crippen molar-refractivity contribution in [1.82, 2.24) is 4.90 Å². The summed E-state index contributed by atoms with van der Waals surface area (Å²) in [6.45, 7) is 4.79. The van der Waals surface area contributed by atoms with Crippen LogP contribution in [0.1, 0.15) is 39.0 Å². The van der Waals surface area contributed by atoms with Gasteiger partial charge in [-0.3, -0.25) is 4.90 Å². The molecule has 0 bridgehead atoms. The van der Waals surface area contributed by atoms with Gasteiger partial charge >= 0.3 is 0 Å². The molecule has 1 aliphatic rings. The van der Waals surface area contributed by atoms with E-state index in [4.69, 9.17) is 5.11 Å². The minimum atomic E-state index is 0.320. The van der Waals surface area contributed by atoms with Gasteiger partial charge in [0.2, 0.25) is 0 Å². The van der Waals surface area contributed by atoms with E-state index in [-0.39, 0.29) is 0 Å². The molecule has 0 heterocycles. The van der Waals surface area contributed by atoms with Crippen LogP contribution in [0.4, 0.5) is 0 Å². The predicted molar refractivity (Wildman–Crippen MR) is 68.5 cm³/mol. The average molecular weight is 231 g/mol. The van der Waals surface area contributed by atoms with E-state index in [9.17, 15) is 0 Å². The largest absolute Gasteiger partial charge is 0.396 e. The summed E-state index contributed by atoms with van der Waals surface area (Å²) in [4.78, 5) is 2.57. The summed E-state index contributed by atoms with van der Waals surface area (Å²) in [7, 11) is 0. The summed E-state index contributed by atoms with van der Waals surface area (Å²) >= 11 is 4.40. The van der Waals surface area contributed by atoms with Crippen LogP contribution in [-0.2, 0) is 0 Å². The van der Waals surface area contributed by atoms with Gasteiger partial charge in [0.15, 0.2) is 0 Å². The van der Waals surface area contributed by atoms with Crippen LogP contribution in [0, 0.1) is 5.92 Å². The lowest BCUT2D eigenvalue weighted by Gasteiger charge is -2.39. The molecule has 0 amide bonds. The molecule has 0 spiro atoms. The van der Waals surface area contributed by atoms with Crippen LogP contribution >= 0.6 is 12.6 Å². The van der Waals surface area contributed by atoms with Gasteiger partial charge in [-0.25, -0.2) is 0 Å². The highest BCUT2D eigenvalue weighted by molar-refractivity contribution is 7.80. The minimum Gasteiger partial charge on any atom is -0.396 e. The molecule has 1 rings (SSSR count). The van der Waals surface area contributed by atoms with Crippen LogP contribution in [-0.4, -0.2) is 41.5 Å². The Morgan fingerprint density at radius 2 is 2.20 bits per heavy atom. The maximum atomic E-state index is 8.89. The van der Waals surface area contributed by atoms with Crippen LogP contribution in [0.3, 0.4) is 0 Å². The average Bonchev–Trinajstić information content (AvgIpc) is 2.19. The van der Waals surface area contributed by atoms with Crippen molar-refractivity contribution in [3.8, 4) is 0 Å². The highest BCUT2D eigenvalue weighted by Gasteiger charge is 2.25. The second kappa shape index (κ2) is 7.53.